The zero-order chi connectivity index (χ0) is 15.1. The Kier molecular flexibility index (Phi) is 10.6. The molecule has 0 amide bonds. The average Bonchev–Trinajstić information content (AvgIpc) is 2.50. The second-order valence-electron chi connectivity index (χ2n) is 3.46. The molecule has 0 aliphatic rings. The van der Waals surface area contributed by atoms with E-state index in [1.54, 1.807) is 0 Å². The number of carbonyl (C=O) groups excluding carboxylic acids is 1. The minimum atomic E-state index is 0.750. The minimum absolute atomic E-state index is 0.750. The Morgan fingerprint density at radius 2 is 1.20 bits per heavy atom. The van der Waals surface area contributed by atoms with E-state index in [2.05, 4.69) is 65.8 Å². The minimum Gasteiger partial charge on any atom is -0.403 e. The number of benzene rings is 2. The summed E-state index contributed by atoms with van der Waals surface area (Å²) in [5.41, 5.74) is 2.74. The number of nitrogens with zero attached hydrogens (tertiary/aromatic N) is 1. The molecule has 0 bridgehead atoms. The van der Waals surface area contributed by atoms with Crippen molar-refractivity contribution in [2.75, 3.05) is 0 Å². The number of isocyanates is 1. The maximum atomic E-state index is 8.35. The standard InChI is InChI=1S/C13H12.CH2N2O.CHNO/c1-3-7-12(8-4-1)11-13-9-5-2-6-10-13;2-1-3-4;2-1-3/h1-10H,11H2;2,4H;2H. The zero-order valence-corrected chi connectivity index (χ0v) is 10.8. The molecule has 0 aromatic heterocycles. The van der Waals surface area contributed by atoms with E-state index in [4.69, 9.17) is 20.8 Å². The first-order valence-corrected chi connectivity index (χ1v) is 5.66. The lowest BCUT2D eigenvalue weighted by atomic mass is 10.1. The number of rotatable bonds is 2. The molecule has 20 heavy (non-hydrogen) atoms. The molecule has 0 radical (unpaired) electrons. The lowest BCUT2D eigenvalue weighted by molar-refractivity contribution is 0.322. The van der Waals surface area contributed by atoms with E-state index >= 15 is 0 Å². The lowest BCUT2D eigenvalue weighted by Gasteiger charge is -2.00. The fraction of sp³-hybridized carbons (Fsp3) is 0.0667. The number of nitrogens with one attached hydrogen (secondary N) is 2. The zero-order valence-electron chi connectivity index (χ0n) is 10.8. The topological polar surface area (TPSA) is 97.4 Å². The Morgan fingerprint density at radius 3 is 1.45 bits per heavy atom. The number of hydrogen-bond donors (Lipinski definition) is 3. The third-order valence-corrected chi connectivity index (χ3v) is 2.14. The highest BCUT2D eigenvalue weighted by Gasteiger charge is 1.92. The first-order chi connectivity index (χ1) is 9.78. The van der Waals surface area contributed by atoms with Crippen molar-refractivity contribution in [3.8, 4) is 0 Å². The molecule has 0 fully saturated rings. The van der Waals surface area contributed by atoms with Crippen LogP contribution in [0.4, 0.5) is 0 Å². The van der Waals surface area contributed by atoms with Crippen LogP contribution in [-0.4, -0.2) is 17.3 Å². The summed E-state index contributed by atoms with van der Waals surface area (Å²) in [4.78, 5) is 8.35. The fourth-order valence-corrected chi connectivity index (χ4v) is 1.43. The van der Waals surface area contributed by atoms with Gasteiger partial charge in [-0.05, 0) is 22.7 Å². The van der Waals surface area contributed by atoms with Gasteiger partial charge >= 0.3 is 0 Å². The summed E-state index contributed by atoms with van der Waals surface area (Å²) in [6.07, 6.45) is 1.78. The predicted octanol–water partition coefficient (Wildman–Crippen LogP) is 3.31. The summed E-state index contributed by atoms with van der Waals surface area (Å²) < 4.78 is 0. The largest absolute Gasteiger partial charge is 0.403 e. The van der Waals surface area contributed by atoms with E-state index in [0.717, 1.165) is 12.5 Å². The third kappa shape index (κ3) is 9.07. The van der Waals surface area contributed by atoms with Crippen LogP contribution in [0.5, 0.6) is 0 Å². The summed E-state index contributed by atoms with van der Waals surface area (Å²) in [5, 5.41) is 20.5. The van der Waals surface area contributed by atoms with Gasteiger partial charge in [0.15, 0.2) is 0 Å². The molecule has 0 saturated carbocycles. The second kappa shape index (κ2) is 12.5. The highest BCUT2D eigenvalue weighted by atomic mass is 16.4. The molecule has 5 heteroatoms. The van der Waals surface area contributed by atoms with Crippen molar-refractivity contribution >= 4 is 12.1 Å². The van der Waals surface area contributed by atoms with E-state index in [0.29, 0.717) is 0 Å². The highest BCUT2D eigenvalue weighted by molar-refractivity contribution is 5.33. The van der Waals surface area contributed by atoms with Gasteiger partial charge in [-0.1, -0.05) is 60.7 Å². The van der Waals surface area contributed by atoms with Gasteiger partial charge in [0.25, 0.3) is 0 Å². The molecule has 0 aliphatic heterocycles. The predicted molar refractivity (Wildman–Crippen MR) is 76.0 cm³/mol. The van der Waals surface area contributed by atoms with E-state index in [1.807, 2.05) is 0 Å². The first kappa shape index (κ1) is 17.0. The van der Waals surface area contributed by atoms with Gasteiger partial charge in [0.05, 0.1) is 0 Å². The van der Waals surface area contributed by atoms with Crippen molar-refractivity contribution < 1.29 is 10.0 Å². The smallest absolute Gasteiger partial charge is 0.231 e. The summed E-state index contributed by atoms with van der Waals surface area (Å²) in [6, 6.07) is 22.4. The van der Waals surface area contributed by atoms with Crippen LogP contribution < -0.4 is 0 Å². The SMILES string of the molecule is N=C=NO.N=C=O.c1ccc(Cc2ccccc2)cc1. The summed E-state index contributed by atoms with van der Waals surface area (Å²) in [7, 11) is 0. The van der Waals surface area contributed by atoms with Gasteiger partial charge < -0.3 is 5.21 Å². The molecule has 0 atom stereocenters. The van der Waals surface area contributed by atoms with Crippen molar-refractivity contribution in [3.63, 3.8) is 0 Å². The van der Waals surface area contributed by atoms with Gasteiger partial charge in [0.1, 0.15) is 6.01 Å². The Bertz CT molecular complexity index is 506. The molecule has 0 spiro atoms. The molecule has 2 aromatic carbocycles. The van der Waals surface area contributed by atoms with Crippen molar-refractivity contribution in [1.29, 1.82) is 10.8 Å². The van der Waals surface area contributed by atoms with Gasteiger partial charge in [0.2, 0.25) is 6.08 Å². The molecule has 5 nitrogen and oxygen atoms in total. The van der Waals surface area contributed by atoms with Crippen molar-refractivity contribution in [2.45, 2.75) is 6.42 Å². The van der Waals surface area contributed by atoms with E-state index in [-0.39, 0.29) is 0 Å². The van der Waals surface area contributed by atoms with Crippen molar-refractivity contribution in [1.82, 2.24) is 0 Å². The first-order valence-electron chi connectivity index (χ1n) is 5.66. The number of hydrogen-bond acceptors (Lipinski definition) is 5. The fourth-order valence-electron chi connectivity index (χ4n) is 1.43. The Labute approximate surface area is 117 Å². The van der Waals surface area contributed by atoms with Crippen LogP contribution in [0.2, 0.25) is 0 Å². The monoisotopic (exact) mass is 269 g/mol. The molecule has 3 N–H and O–H groups in total. The summed E-state index contributed by atoms with van der Waals surface area (Å²) in [5.74, 6) is 0. The van der Waals surface area contributed by atoms with Crippen LogP contribution in [-0.2, 0) is 11.2 Å². The maximum absolute atomic E-state index is 8.35. The van der Waals surface area contributed by atoms with Crippen LogP contribution >= 0.6 is 0 Å². The van der Waals surface area contributed by atoms with Crippen molar-refractivity contribution in [2.24, 2.45) is 5.16 Å². The molecule has 0 heterocycles. The van der Waals surface area contributed by atoms with E-state index in [9.17, 15) is 0 Å². The van der Waals surface area contributed by atoms with Gasteiger partial charge in [-0.25, -0.2) is 15.6 Å². The summed E-state index contributed by atoms with van der Waals surface area (Å²) >= 11 is 0. The molecule has 0 saturated heterocycles. The van der Waals surface area contributed by atoms with Crippen LogP contribution in [0.15, 0.2) is 65.8 Å². The van der Waals surface area contributed by atoms with Crippen LogP contribution in [0.25, 0.3) is 0 Å². The maximum Gasteiger partial charge on any atom is 0.231 e. The van der Waals surface area contributed by atoms with Gasteiger partial charge in [-0.3, -0.25) is 0 Å². The van der Waals surface area contributed by atoms with E-state index < -0.39 is 0 Å². The highest BCUT2D eigenvalue weighted by Crippen LogP contribution is 2.07. The quantitative estimate of drug-likeness (QED) is 0.337. The summed E-state index contributed by atoms with van der Waals surface area (Å²) in [6.45, 7) is 0. The van der Waals surface area contributed by atoms with Crippen LogP contribution in [0.1, 0.15) is 11.1 Å². The molecule has 102 valence electrons. The molecule has 2 rings (SSSR count). The van der Waals surface area contributed by atoms with Crippen molar-refractivity contribution in [3.05, 3.63) is 71.8 Å². The van der Waals surface area contributed by atoms with Gasteiger partial charge in [-0.2, -0.15) is 0 Å². The van der Waals surface area contributed by atoms with Crippen LogP contribution in [0, 0.1) is 10.8 Å². The molecular formula is C15H15N3O2. The normalized spacial score (nSPS) is 7.60. The molecular weight excluding hydrogens is 254 g/mol. The Morgan fingerprint density at radius 1 is 0.900 bits per heavy atom. The van der Waals surface area contributed by atoms with E-state index in [1.165, 1.54) is 17.1 Å². The second-order valence-corrected chi connectivity index (χ2v) is 3.46. The average molecular weight is 269 g/mol. The molecule has 0 aliphatic carbocycles. The lowest BCUT2D eigenvalue weighted by Crippen LogP contribution is -1.85. The molecule has 2 aromatic rings. The molecule has 0 unspecified atom stereocenters. The Hall–Kier alpha value is -3.00. The van der Waals surface area contributed by atoms with Crippen LogP contribution in [0.3, 0.4) is 0 Å². The Balaban J connectivity index is 0.000000438. The van der Waals surface area contributed by atoms with Gasteiger partial charge in [0, 0.05) is 0 Å². The third-order valence-electron chi connectivity index (χ3n) is 2.14. The van der Waals surface area contributed by atoms with Gasteiger partial charge in [-0.15, -0.1) is 0 Å².